The van der Waals surface area contributed by atoms with E-state index in [0.29, 0.717) is 34.8 Å². The summed E-state index contributed by atoms with van der Waals surface area (Å²) in [5.41, 5.74) is 1.93. The highest BCUT2D eigenvalue weighted by molar-refractivity contribution is 14.1. The van der Waals surface area contributed by atoms with Crippen molar-refractivity contribution in [3.8, 4) is 5.75 Å². The number of nitrogens with one attached hydrogen (secondary N) is 1. The molecule has 2 aromatic heterocycles. The fourth-order valence-electron chi connectivity index (χ4n) is 3.12. The molecular formula is C20H21IN4O3. The Labute approximate surface area is 177 Å². The second-order valence-corrected chi connectivity index (χ2v) is 8.46. The first-order valence-electron chi connectivity index (χ1n) is 9.03. The molecule has 1 N–H and O–H groups in total. The Kier molecular flexibility index (Phi) is 4.90. The topological polar surface area (TPSA) is 80.5 Å². The Hall–Kier alpha value is -2.36. The molecular weight excluding hydrogens is 471 g/mol. The van der Waals surface area contributed by atoms with Crippen molar-refractivity contribution in [1.82, 2.24) is 13.1 Å². The molecule has 0 spiro atoms. The van der Waals surface area contributed by atoms with Gasteiger partial charge in [-0.25, -0.2) is 9.97 Å². The molecule has 0 saturated heterocycles. The van der Waals surface area contributed by atoms with Crippen molar-refractivity contribution in [3.63, 3.8) is 0 Å². The lowest BCUT2D eigenvalue weighted by molar-refractivity contribution is 0.0883. The van der Waals surface area contributed by atoms with Gasteiger partial charge in [-0.05, 0) is 44.4 Å². The zero-order chi connectivity index (χ0) is 19.9. The number of rotatable bonds is 6. The molecule has 146 valence electrons. The lowest BCUT2D eigenvalue weighted by Crippen LogP contribution is -2.22. The standard InChI is InChI=1S/C20H21IN4O3/c1-12-15(19(26)25(21)10-13-5-4-6-14(9-13)27-3)16-17(24-20(2)7-8-20)22-11-23-18(16)28-12/h4-6,9,11H,7-8,10H2,1-3H3,(H,22,23,24). The molecule has 28 heavy (non-hydrogen) atoms. The van der Waals surface area contributed by atoms with Gasteiger partial charge in [-0.3, -0.25) is 7.91 Å². The Morgan fingerprint density at radius 1 is 1.39 bits per heavy atom. The van der Waals surface area contributed by atoms with Gasteiger partial charge in [0, 0.05) is 5.54 Å². The predicted molar refractivity (Wildman–Crippen MR) is 115 cm³/mol. The molecule has 1 aromatic carbocycles. The van der Waals surface area contributed by atoms with Gasteiger partial charge < -0.3 is 14.5 Å². The molecule has 1 saturated carbocycles. The molecule has 1 aliphatic rings. The van der Waals surface area contributed by atoms with E-state index >= 15 is 0 Å². The number of ether oxygens (including phenoxy) is 1. The quantitative estimate of drug-likeness (QED) is 0.404. The van der Waals surface area contributed by atoms with E-state index in [0.717, 1.165) is 24.2 Å². The largest absolute Gasteiger partial charge is 0.497 e. The third-order valence-electron chi connectivity index (χ3n) is 4.97. The normalized spacial score (nSPS) is 14.7. The number of aromatic nitrogens is 2. The maximum absolute atomic E-state index is 13.3. The minimum absolute atomic E-state index is 0.0252. The van der Waals surface area contributed by atoms with Gasteiger partial charge >= 0.3 is 0 Å². The zero-order valence-corrected chi connectivity index (χ0v) is 18.1. The van der Waals surface area contributed by atoms with E-state index in [2.05, 4.69) is 22.2 Å². The number of anilines is 1. The summed E-state index contributed by atoms with van der Waals surface area (Å²) in [6.07, 6.45) is 3.62. The third-order valence-corrected chi connectivity index (χ3v) is 5.75. The fraction of sp³-hybridized carbons (Fsp3) is 0.350. The molecule has 0 aliphatic heterocycles. The first-order chi connectivity index (χ1) is 13.4. The van der Waals surface area contributed by atoms with Gasteiger partial charge in [0.05, 0.1) is 47.5 Å². The van der Waals surface area contributed by atoms with E-state index in [1.165, 1.54) is 6.33 Å². The van der Waals surface area contributed by atoms with E-state index in [4.69, 9.17) is 9.15 Å². The maximum atomic E-state index is 13.3. The summed E-state index contributed by atoms with van der Waals surface area (Å²) >= 11 is 2.04. The maximum Gasteiger partial charge on any atom is 0.267 e. The third kappa shape index (κ3) is 3.65. The molecule has 1 fully saturated rings. The molecule has 0 bridgehead atoms. The molecule has 0 unspecified atom stereocenters. The van der Waals surface area contributed by atoms with Crippen LogP contribution >= 0.6 is 22.9 Å². The van der Waals surface area contributed by atoms with Crippen molar-refractivity contribution in [2.75, 3.05) is 12.4 Å². The number of halogens is 1. The van der Waals surface area contributed by atoms with Crippen LogP contribution in [0.2, 0.25) is 0 Å². The Bertz CT molecular complexity index is 1050. The number of hydrogen-bond acceptors (Lipinski definition) is 6. The second-order valence-electron chi connectivity index (χ2n) is 7.30. The van der Waals surface area contributed by atoms with Gasteiger partial charge in [0.1, 0.15) is 23.7 Å². The summed E-state index contributed by atoms with van der Waals surface area (Å²) in [6, 6.07) is 7.67. The number of methoxy groups -OCH3 is 1. The zero-order valence-electron chi connectivity index (χ0n) is 16.0. The van der Waals surface area contributed by atoms with E-state index in [1.54, 1.807) is 17.1 Å². The number of amides is 1. The van der Waals surface area contributed by atoms with Gasteiger partial charge in [-0.15, -0.1) is 0 Å². The highest BCUT2D eigenvalue weighted by Gasteiger charge is 2.38. The summed E-state index contributed by atoms with van der Waals surface area (Å²) in [4.78, 5) is 21.9. The summed E-state index contributed by atoms with van der Waals surface area (Å²) in [5, 5.41) is 4.09. The highest BCUT2D eigenvalue weighted by Crippen LogP contribution is 2.40. The van der Waals surface area contributed by atoms with Crippen molar-refractivity contribution in [3.05, 3.63) is 47.5 Å². The SMILES string of the molecule is COc1cccc(CN(I)C(=O)c2c(C)oc3ncnc(NC4(C)CC4)c23)c1. The fourth-order valence-corrected chi connectivity index (χ4v) is 3.75. The van der Waals surface area contributed by atoms with Gasteiger partial charge in [0.15, 0.2) is 0 Å². The van der Waals surface area contributed by atoms with Gasteiger partial charge in [-0.2, -0.15) is 0 Å². The minimum Gasteiger partial charge on any atom is -0.497 e. The van der Waals surface area contributed by atoms with Crippen molar-refractivity contribution in [2.45, 2.75) is 38.8 Å². The minimum atomic E-state index is -0.140. The lowest BCUT2D eigenvalue weighted by atomic mass is 10.1. The van der Waals surface area contributed by atoms with Gasteiger partial charge in [0.25, 0.3) is 5.91 Å². The van der Waals surface area contributed by atoms with Crippen molar-refractivity contribution in [2.24, 2.45) is 0 Å². The van der Waals surface area contributed by atoms with Crippen LogP contribution in [0.1, 0.15) is 41.4 Å². The average molecular weight is 492 g/mol. The van der Waals surface area contributed by atoms with Crippen molar-refractivity contribution >= 4 is 45.7 Å². The van der Waals surface area contributed by atoms with Crippen LogP contribution in [0, 0.1) is 6.92 Å². The number of benzene rings is 1. The van der Waals surface area contributed by atoms with E-state index < -0.39 is 0 Å². The van der Waals surface area contributed by atoms with Crippen molar-refractivity contribution < 1.29 is 13.9 Å². The first-order valence-corrected chi connectivity index (χ1v) is 9.99. The van der Waals surface area contributed by atoms with Crippen LogP contribution in [0.25, 0.3) is 11.1 Å². The van der Waals surface area contributed by atoms with Crippen LogP contribution < -0.4 is 10.1 Å². The molecule has 8 heteroatoms. The van der Waals surface area contributed by atoms with E-state index in [-0.39, 0.29) is 11.4 Å². The number of nitrogens with zero attached hydrogens (tertiary/aromatic N) is 3. The summed E-state index contributed by atoms with van der Waals surface area (Å²) < 4.78 is 12.7. The first kappa shape index (κ1) is 19.0. The second kappa shape index (κ2) is 7.23. The molecule has 2 heterocycles. The summed E-state index contributed by atoms with van der Waals surface area (Å²) in [7, 11) is 1.63. The predicted octanol–water partition coefficient (Wildman–Crippen LogP) is 4.50. The molecule has 7 nitrogen and oxygen atoms in total. The van der Waals surface area contributed by atoms with Gasteiger partial charge in [0.2, 0.25) is 5.71 Å². The van der Waals surface area contributed by atoms with Crippen LogP contribution in [-0.2, 0) is 6.54 Å². The Morgan fingerprint density at radius 2 is 2.18 bits per heavy atom. The summed E-state index contributed by atoms with van der Waals surface area (Å²) in [5.74, 6) is 1.81. The van der Waals surface area contributed by atoms with Crippen LogP contribution in [0.3, 0.4) is 0 Å². The van der Waals surface area contributed by atoms with Crippen LogP contribution in [0.4, 0.5) is 5.82 Å². The molecule has 0 radical (unpaired) electrons. The van der Waals surface area contributed by atoms with E-state index in [9.17, 15) is 4.79 Å². The van der Waals surface area contributed by atoms with E-state index in [1.807, 2.05) is 47.1 Å². The van der Waals surface area contributed by atoms with Gasteiger partial charge in [-0.1, -0.05) is 12.1 Å². The van der Waals surface area contributed by atoms with Crippen LogP contribution in [0.5, 0.6) is 5.75 Å². The summed E-state index contributed by atoms with van der Waals surface area (Å²) in [6.45, 7) is 4.37. The number of carbonyl (C=O) groups excluding carboxylic acids is 1. The molecule has 0 atom stereocenters. The number of aryl methyl sites for hydroxylation is 1. The number of carbonyl (C=O) groups is 1. The average Bonchev–Trinajstić information content (AvgIpc) is 3.29. The highest BCUT2D eigenvalue weighted by atomic mass is 127. The Morgan fingerprint density at radius 3 is 2.89 bits per heavy atom. The van der Waals surface area contributed by atoms with Crippen LogP contribution in [-0.4, -0.2) is 31.6 Å². The molecule has 1 amide bonds. The monoisotopic (exact) mass is 492 g/mol. The molecule has 3 aromatic rings. The number of hydrogen-bond donors (Lipinski definition) is 1. The van der Waals surface area contributed by atoms with Crippen molar-refractivity contribution in [1.29, 1.82) is 0 Å². The molecule has 1 aliphatic carbocycles. The smallest absolute Gasteiger partial charge is 0.267 e. The Balaban J connectivity index is 1.67. The lowest BCUT2D eigenvalue weighted by Gasteiger charge is -2.16. The number of fused-ring (bicyclic) bond motifs is 1. The van der Waals surface area contributed by atoms with Crippen LogP contribution in [0.15, 0.2) is 35.0 Å². The molecule has 4 rings (SSSR count). The number of furan rings is 1.